The number of nitrogens with one attached hydrogen (secondary N) is 1. The summed E-state index contributed by atoms with van der Waals surface area (Å²) < 4.78 is 2.30. The average Bonchev–Trinajstić information content (AvgIpc) is 2.59. The van der Waals surface area contributed by atoms with E-state index >= 15 is 0 Å². The molecule has 2 heterocycles. The van der Waals surface area contributed by atoms with Gasteiger partial charge in [0.05, 0.1) is 10.9 Å². The molecule has 1 amide bonds. The molecule has 0 aliphatic heterocycles. The molecule has 1 saturated carbocycles. The van der Waals surface area contributed by atoms with Gasteiger partial charge in [-0.3, -0.25) is 18.7 Å². The van der Waals surface area contributed by atoms with Gasteiger partial charge in [-0.25, -0.2) is 9.78 Å². The molecule has 1 fully saturated rings. The zero-order valence-electron chi connectivity index (χ0n) is 13.8. The second kappa shape index (κ2) is 6.20. The summed E-state index contributed by atoms with van der Waals surface area (Å²) in [4.78, 5) is 40.7. The van der Waals surface area contributed by atoms with Crippen LogP contribution in [0.15, 0.2) is 21.9 Å². The van der Waals surface area contributed by atoms with Crippen molar-refractivity contribution in [2.45, 2.75) is 37.8 Å². The zero-order chi connectivity index (χ0) is 17.4. The van der Waals surface area contributed by atoms with Crippen LogP contribution < -0.4 is 22.3 Å². The fourth-order valence-electron chi connectivity index (χ4n) is 3.12. The highest BCUT2D eigenvalue weighted by atomic mass is 16.2. The number of amides is 1. The number of aryl methyl sites for hydroxylation is 1. The van der Waals surface area contributed by atoms with Crippen LogP contribution in [0.25, 0.3) is 11.0 Å². The van der Waals surface area contributed by atoms with Crippen molar-refractivity contribution in [1.29, 1.82) is 0 Å². The number of hydrogen-bond acceptors (Lipinski definition) is 5. The van der Waals surface area contributed by atoms with Crippen molar-refractivity contribution in [3.05, 3.63) is 38.7 Å². The number of pyridine rings is 1. The molecular formula is C16H21N5O3. The fraction of sp³-hybridized carbons (Fsp3) is 0.500. The second-order valence-electron chi connectivity index (χ2n) is 6.39. The first kappa shape index (κ1) is 16.4. The molecule has 8 heteroatoms. The zero-order valence-corrected chi connectivity index (χ0v) is 13.8. The maximum atomic E-state index is 12.4. The molecule has 1 aliphatic carbocycles. The Morgan fingerprint density at radius 3 is 2.54 bits per heavy atom. The maximum Gasteiger partial charge on any atom is 0.332 e. The van der Waals surface area contributed by atoms with Gasteiger partial charge in [-0.1, -0.05) is 0 Å². The van der Waals surface area contributed by atoms with E-state index in [1.165, 1.54) is 23.9 Å². The average molecular weight is 331 g/mol. The first-order valence-electron chi connectivity index (χ1n) is 8.00. The molecule has 2 aromatic heterocycles. The first-order valence-corrected chi connectivity index (χ1v) is 8.00. The SMILES string of the molecule is Cn1c(=O)c2cc(C(=O)NC3CCC(N)CC3)cnc2n(C)c1=O. The van der Waals surface area contributed by atoms with Crippen LogP contribution in [0.2, 0.25) is 0 Å². The van der Waals surface area contributed by atoms with Crippen LogP contribution in [0.1, 0.15) is 36.0 Å². The van der Waals surface area contributed by atoms with Crippen molar-refractivity contribution >= 4 is 16.9 Å². The molecule has 0 atom stereocenters. The molecule has 8 nitrogen and oxygen atoms in total. The molecule has 0 unspecified atom stereocenters. The standard InChI is InChI=1S/C16H21N5O3/c1-20-13-12(15(23)21(2)16(20)24)7-9(8-18-13)14(22)19-11-5-3-10(17)4-6-11/h7-8,10-11H,3-6,17H2,1-2H3,(H,19,22). The molecule has 3 rings (SSSR count). The number of nitrogens with zero attached hydrogens (tertiary/aromatic N) is 3. The lowest BCUT2D eigenvalue weighted by Gasteiger charge is -2.26. The Kier molecular flexibility index (Phi) is 4.23. The van der Waals surface area contributed by atoms with Gasteiger partial charge in [-0.2, -0.15) is 0 Å². The van der Waals surface area contributed by atoms with E-state index < -0.39 is 11.2 Å². The van der Waals surface area contributed by atoms with E-state index in [2.05, 4.69) is 10.3 Å². The van der Waals surface area contributed by atoms with Crippen molar-refractivity contribution < 1.29 is 4.79 Å². The predicted octanol–water partition coefficient (Wildman–Crippen LogP) is -0.368. The number of aromatic nitrogens is 3. The topological polar surface area (TPSA) is 112 Å². The van der Waals surface area contributed by atoms with Crippen LogP contribution in [0.5, 0.6) is 0 Å². The number of fused-ring (bicyclic) bond motifs is 1. The molecule has 0 radical (unpaired) electrons. The summed E-state index contributed by atoms with van der Waals surface area (Å²) in [7, 11) is 2.95. The smallest absolute Gasteiger partial charge is 0.332 e. The maximum absolute atomic E-state index is 12.4. The van der Waals surface area contributed by atoms with Crippen LogP contribution in [0.3, 0.4) is 0 Å². The Morgan fingerprint density at radius 1 is 1.21 bits per heavy atom. The highest BCUT2D eigenvalue weighted by molar-refractivity contribution is 5.96. The van der Waals surface area contributed by atoms with Gasteiger partial charge >= 0.3 is 5.69 Å². The van der Waals surface area contributed by atoms with Crippen molar-refractivity contribution in [2.24, 2.45) is 19.8 Å². The lowest BCUT2D eigenvalue weighted by Crippen LogP contribution is -2.40. The molecule has 3 N–H and O–H groups in total. The Bertz CT molecular complexity index is 906. The molecule has 128 valence electrons. The number of carbonyl (C=O) groups excluding carboxylic acids is 1. The van der Waals surface area contributed by atoms with Gasteiger partial charge in [-0.05, 0) is 31.7 Å². The third kappa shape index (κ3) is 2.84. The van der Waals surface area contributed by atoms with Gasteiger partial charge in [-0.15, -0.1) is 0 Å². The van der Waals surface area contributed by atoms with E-state index in [4.69, 9.17) is 5.73 Å². The lowest BCUT2D eigenvalue weighted by molar-refractivity contribution is 0.0925. The van der Waals surface area contributed by atoms with E-state index in [0.29, 0.717) is 5.56 Å². The third-order valence-electron chi connectivity index (χ3n) is 4.66. The minimum atomic E-state index is -0.459. The monoisotopic (exact) mass is 331 g/mol. The normalized spacial score (nSPS) is 21.0. The Balaban J connectivity index is 1.92. The van der Waals surface area contributed by atoms with Gasteiger partial charge < -0.3 is 11.1 Å². The summed E-state index contributed by atoms with van der Waals surface area (Å²) in [5.41, 5.74) is 5.54. The van der Waals surface area contributed by atoms with E-state index in [-0.39, 0.29) is 29.0 Å². The summed E-state index contributed by atoms with van der Waals surface area (Å²) in [5, 5.41) is 3.22. The summed E-state index contributed by atoms with van der Waals surface area (Å²) in [6.45, 7) is 0. The van der Waals surface area contributed by atoms with Crippen LogP contribution in [0.4, 0.5) is 0 Å². The quantitative estimate of drug-likeness (QED) is 0.780. The Labute approximate surface area is 138 Å². The Hall–Kier alpha value is -2.48. The predicted molar refractivity (Wildman–Crippen MR) is 89.9 cm³/mol. The minimum absolute atomic E-state index is 0.0935. The number of hydrogen-bond donors (Lipinski definition) is 2. The molecule has 24 heavy (non-hydrogen) atoms. The van der Waals surface area contributed by atoms with Crippen molar-refractivity contribution in [3.8, 4) is 0 Å². The van der Waals surface area contributed by atoms with Crippen LogP contribution in [-0.4, -0.2) is 32.1 Å². The summed E-state index contributed by atoms with van der Waals surface area (Å²) in [5.74, 6) is -0.263. The molecule has 0 saturated heterocycles. The van der Waals surface area contributed by atoms with E-state index in [1.54, 1.807) is 7.05 Å². The largest absolute Gasteiger partial charge is 0.349 e. The van der Waals surface area contributed by atoms with Gasteiger partial charge in [0.1, 0.15) is 5.65 Å². The third-order valence-corrected chi connectivity index (χ3v) is 4.66. The van der Waals surface area contributed by atoms with E-state index in [1.807, 2.05) is 0 Å². The van der Waals surface area contributed by atoms with Crippen molar-refractivity contribution in [1.82, 2.24) is 19.4 Å². The molecule has 0 spiro atoms. The fourth-order valence-corrected chi connectivity index (χ4v) is 3.12. The molecule has 0 bridgehead atoms. The second-order valence-corrected chi connectivity index (χ2v) is 6.39. The number of carbonyl (C=O) groups is 1. The molecular weight excluding hydrogens is 310 g/mol. The highest BCUT2D eigenvalue weighted by Gasteiger charge is 2.21. The van der Waals surface area contributed by atoms with Gasteiger partial charge in [0.15, 0.2) is 0 Å². The van der Waals surface area contributed by atoms with Crippen molar-refractivity contribution in [3.63, 3.8) is 0 Å². The number of rotatable bonds is 2. The highest BCUT2D eigenvalue weighted by Crippen LogP contribution is 2.17. The lowest BCUT2D eigenvalue weighted by atomic mass is 9.91. The summed E-state index contributed by atoms with van der Waals surface area (Å²) in [6.07, 6.45) is 4.88. The van der Waals surface area contributed by atoms with Crippen LogP contribution in [-0.2, 0) is 14.1 Å². The van der Waals surface area contributed by atoms with Crippen LogP contribution >= 0.6 is 0 Å². The molecule has 0 aromatic carbocycles. The number of nitrogens with two attached hydrogens (primary N) is 1. The van der Waals surface area contributed by atoms with E-state index in [9.17, 15) is 14.4 Å². The van der Waals surface area contributed by atoms with Gasteiger partial charge in [0, 0.05) is 32.4 Å². The minimum Gasteiger partial charge on any atom is -0.349 e. The first-order chi connectivity index (χ1) is 11.4. The Morgan fingerprint density at radius 2 is 1.88 bits per heavy atom. The summed E-state index contributed by atoms with van der Waals surface area (Å²) >= 11 is 0. The summed E-state index contributed by atoms with van der Waals surface area (Å²) in [6, 6.07) is 1.80. The van der Waals surface area contributed by atoms with Crippen molar-refractivity contribution in [2.75, 3.05) is 0 Å². The van der Waals surface area contributed by atoms with Gasteiger partial charge in [0.25, 0.3) is 11.5 Å². The van der Waals surface area contributed by atoms with E-state index in [0.717, 1.165) is 30.3 Å². The van der Waals surface area contributed by atoms with Crippen LogP contribution in [0, 0.1) is 0 Å². The van der Waals surface area contributed by atoms with Gasteiger partial charge in [0.2, 0.25) is 0 Å². The molecule has 1 aliphatic rings. The molecule has 2 aromatic rings.